The van der Waals surface area contributed by atoms with Gasteiger partial charge in [-0.25, -0.2) is 0 Å². The monoisotopic (exact) mass is 605 g/mol. The van der Waals surface area contributed by atoms with Gasteiger partial charge in [0.1, 0.15) is 11.6 Å². The Morgan fingerprint density at radius 3 is 2.36 bits per heavy atom. The van der Waals surface area contributed by atoms with Crippen molar-refractivity contribution in [3.63, 3.8) is 0 Å². The lowest BCUT2D eigenvalue weighted by Crippen LogP contribution is -2.60. The van der Waals surface area contributed by atoms with Crippen molar-refractivity contribution in [3.05, 3.63) is 61.2 Å². The Balaban J connectivity index is 1.57. The second-order valence-corrected chi connectivity index (χ2v) is 14.0. The molecule has 8 nitrogen and oxygen atoms in total. The minimum absolute atomic E-state index is 0.0694. The summed E-state index contributed by atoms with van der Waals surface area (Å²) >= 11 is 0. The lowest BCUT2D eigenvalue weighted by atomic mass is 9.66. The van der Waals surface area contributed by atoms with Crippen LogP contribution in [0.25, 0.3) is 0 Å². The fraction of sp³-hybridized carbons (Fsp3) is 0.639. The van der Waals surface area contributed by atoms with Crippen LogP contribution in [-0.2, 0) is 25.7 Å². The van der Waals surface area contributed by atoms with Crippen molar-refractivity contribution in [2.75, 3.05) is 19.7 Å². The van der Waals surface area contributed by atoms with E-state index in [1.807, 2.05) is 42.2 Å². The Bertz CT molecular complexity index is 1230. The molecule has 8 heteroatoms. The molecule has 4 fully saturated rings. The van der Waals surface area contributed by atoms with Gasteiger partial charge < -0.3 is 24.5 Å². The summed E-state index contributed by atoms with van der Waals surface area (Å²) in [5.41, 5.74) is -1.02. The Labute approximate surface area is 263 Å². The third-order valence-electron chi connectivity index (χ3n) is 10.6. The van der Waals surface area contributed by atoms with Crippen LogP contribution < -0.4 is 0 Å². The lowest BCUT2D eigenvalue weighted by molar-refractivity contribution is -0.158. The Morgan fingerprint density at radius 1 is 1.07 bits per heavy atom. The molecule has 3 saturated heterocycles. The van der Waals surface area contributed by atoms with Crippen molar-refractivity contribution >= 4 is 17.7 Å². The number of rotatable bonds is 13. The predicted molar refractivity (Wildman–Crippen MR) is 170 cm³/mol. The number of aliphatic hydroxyl groups is 1. The molecule has 0 aromatic heterocycles. The predicted octanol–water partition coefficient (Wildman–Crippen LogP) is 4.72. The van der Waals surface area contributed by atoms with Gasteiger partial charge >= 0.3 is 0 Å². The maximum Gasteiger partial charge on any atom is 0.248 e. The summed E-state index contributed by atoms with van der Waals surface area (Å²) in [4.78, 5) is 49.6. The number of carbonyl (C=O) groups excluding carboxylic acids is 3. The average molecular weight is 606 g/mol. The van der Waals surface area contributed by atoms with Crippen LogP contribution >= 0.6 is 0 Å². The number of carbonyl (C=O) groups is 3. The molecule has 3 aliphatic heterocycles. The van der Waals surface area contributed by atoms with Gasteiger partial charge in [0.15, 0.2) is 0 Å². The van der Waals surface area contributed by atoms with Crippen LogP contribution in [-0.4, -0.2) is 86.6 Å². The lowest BCUT2D eigenvalue weighted by Gasteiger charge is -2.42. The molecule has 1 aromatic carbocycles. The third-order valence-corrected chi connectivity index (χ3v) is 10.6. The number of hydrogen-bond donors (Lipinski definition) is 1. The van der Waals surface area contributed by atoms with E-state index in [9.17, 15) is 19.5 Å². The Hall–Kier alpha value is -2.97. The second kappa shape index (κ2) is 13.2. The van der Waals surface area contributed by atoms with Crippen LogP contribution in [0.3, 0.4) is 0 Å². The van der Waals surface area contributed by atoms with Gasteiger partial charge in [0.05, 0.1) is 30.1 Å². The number of nitrogens with zero attached hydrogens (tertiary/aromatic N) is 3. The van der Waals surface area contributed by atoms with E-state index in [1.54, 1.807) is 22.0 Å². The molecule has 1 N–H and O–H groups in total. The number of benzene rings is 1. The van der Waals surface area contributed by atoms with E-state index in [0.29, 0.717) is 38.9 Å². The summed E-state index contributed by atoms with van der Waals surface area (Å²) in [5.74, 6) is -1.89. The first-order valence-corrected chi connectivity index (χ1v) is 16.6. The standard InChI is InChI=1S/C36H51N3O5/c1-6-20-37(23-26-14-10-8-11-15-26)32(41)29-30-33(42)39(28(24-40)22-25(3)4)31(36(30)19-18-35(29,5)44-36)34(43)38(21-7-2)27-16-12-9-13-17-27/h6-8,10-11,14-15,25,27-31,40H,1-2,9,12-13,16-24H2,3-5H3/t28-,29+,30+,31?,35-,36?/m1/s1. The number of fused-ring (bicyclic) bond motifs is 1. The summed E-state index contributed by atoms with van der Waals surface area (Å²) in [6, 6.07) is 8.42. The summed E-state index contributed by atoms with van der Waals surface area (Å²) in [6.07, 6.45) is 10.2. The van der Waals surface area contributed by atoms with Crippen molar-refractivity contribution in [1.82, 2.24) is 14.7 Å². The van der Waals surface area contributed by atoms with E-state index in [4.69, 9.17) is 4.74 Å². The maximum absolute atomic E-state index is 14.9. The van der Waals surface area contributed by atoms with E-state index in [0.717, 1.165) is 37.7 Å². The zero-order valence-corrected chi connectivity index (χ0v) is 26.8. The highest BCUT2D eigenvalue weighted by Crippen LogP contribution is 2.64. The molecule has 2 unspecified atom stereocenters. The minimum Gasteiger partial charge on any atom is -0.394 e. The molecule has 3 heterocycles. The molecule has 0 radical (unpaired) electrons. The maximum atomic E-state index is 14.9. The molecule has 1 aliphatic carbocycles. The van der Waals surface area contributed by atoms with Gasteiger partial charge in [-0.2, -0.15) is 0 Å². The number of hydrogen-bond acceptors (Lipinski definition) is 5. The molecule has 6 atom stereocenters. The van der Waals surface area contributed by atoms with Crippen LogP contribution in [0.2, 0.25) is 0 Å². The zero-order valence-electron chi connectivity index (χ0n) is 26.8. The van der Waals surface area contributed by atoms with Crippen LogP contribution in [0.4, 0.5) is 0 Å². The van der Waals surface area contributed by atoms with Gasteiger partial charge in [-0.05, 0) is 50.5 Å². The summed E-state index contributed by atoms with van der Waals surface area (Å²) < 4.78 is 6.94. The molecule has 1 saturated carbocycles. The van der Waals surface area contributed by atoms with Crippen LogP contribution in [0.15, 0.2) is 55.6 Å². The van der Waals surface area contributed by atoms with Gasteiger partial charge in [-0.1, -0.05) is 75.6 Å². The molecule has 1 spiro atoms. The minimum atomic E-state index is -1.13. The fourth-order valence-corrected chi connectivity index (χ4v) is 8.73. The fourth-order valence-electron chi connectivity index (χ4n) is 8.73. The molecular formula is C36H51N3O5. The first kappa shape index (κ1) is 32.4. The smallest absolute Gasteiger partial charge is 0.248 e. The Kier molecular flexibility index (Phi) is 9.71. The topological polar surface area (TPSA) is 90.4 Å². The van der Waals surface area contributed by atoms with Gasteiger partial charge in [0.25, 0.3) is 0 Å². The van der Waals surface area contributed by atoms with E-state index < -0.39 is 35.1 Å². The molecule has 240 valence electrons. The second-order valence-electron chi connectivity index (χ2n) is 14.0. The van der Waals surface area contributed by atoms with Crippen molar-refractivity contribution in [3.8, 4) is 0 Å². The molecule has 1 aromatic rings. The zero-order chi connectivity index (χ0) is 31.6. The van der Waals surface area contributed by atoms with Crippen molar-refractivity contribution in [2.45, 2.75) is 108 Å². The first-order valence-electron chi connectivity index (χ1n) is 16.6. The number of aliphatic hydroxyl groups excluding tert-OH is 1. The molecule has 4 aliphatic rings. The largest absolute Gasteiger partial charge is 0.394 e. The van der Waals surface area contributed by atoms with Gasteiger partial charge in [0, 0.05) is 25.7 Å². The quantitative estimate of drug-likeness (QED) is 0.329. The summed E-state index contributed by atoms with van der Waals surface area (Å²) in [7, 11) is 0. The SMILES string of the molecule is C=CCN(Cc1ccccc1)C(=O)[C@@H]1[C@H]2C(=O)N([C@@H](CO)CC(C)C)C(C(=O)N(CC=C)C3CCCCC3)C23CC[C@@]1(C)O3. The van der Waals surface area contributed by atoms with Crippen molar-refractivity contribution < 1.29 is 24.2 Å². The van der Waals surface area contributed by atoms with Crippen molar-refractivity contribution in [1.29, 1.82) is 0 Å². The molecular weight excluding hydrogens is 554 g/mol. The Morgan fingerprint density at radius 2 is 1.75 bits per heavy atom. The van der Waals surface area contributed by atoms with E-state index in [-0.39, 0.29) is 36.3 Å². The van der Waals surface area contributed by atoms with Crippen LogP contribution in [0.5, 0.6) is 0 Å². The highest BCUT2D eigenvalue weighted by Gasteiger charge is 2.79. The van der Waals surface area contributed by atoms with Crippen LogP contribution in [0.1, 0.15) is 77.7 Å². The van der Waals surface area contributed by atoms with Crippen molar-refractivity contribution in [2.24, 2.45) is 17.8 Å². The number of ether oxygens (including phenoxy) is 1. The summed E-state index contributed by atoms with van der Waals surface area (Å²) in [5, 5.41) is 10.7. The number of likely N-dealkylation sites (tertiary alicyclic amines) is 1. The van der Waals surface area contributed by atoms with E-state index >= 15 is 0 Å². The highest BCUT2D eigenvalue weighted by molar-refractivity contribution is 5.99. The van der Waals surface area contributed by atoms with E-state index in [2.05, 4.69) is 27.0 Å². The molecule has 44 heavy (non-hydrogen) atoms. The van der Waals surface area contributed by atoms with E-state index in [1.165, 1.54) is 0 Å². The van der Waals surface area contributed by atoms with Gasteiger partial charge in [0.2, 0.25) is 17.7 Å². The third kappa shape index (κ3) is 5.64. The molecule has 2 bridgehead atoms. The highest BCUT2D eigenvalue weighted by atomic mass is 16.5. The van der Waals surface area contributed by atoms with Crippen LogP contribution in [0, 0.1) is 17.8 Å². The molecule has 3 amide bonds. The normalized spacial score (nSPS) is 30.3. The molecule has 5 rings (SSSR count). The number of amides is 3. The first-order chi connectivity index (χ1) is 21.1. The van der Waals surface area contributed by atoms with Gasteiger partial charge in [-0.3, -0.25) is 14.4 Å². The summed E-state index contributed by atoms with van der Waals surface area (Å²) in [6.45, 7) is 14.8. The van der Waals surface area contributed by atoms with Gasteiger partial charge in [-0.15, -0.1) is 13.2 Å². The average Bonchev–Trinajstić information content (AvgIpc) is 3.59.